The van der Waals surface area contributed by atoms with Gasteiger partial charge in [0.05, 0.1) is 39.0 Å². The molecule has 0 unspecified atom stereocenters. The van der Waals surface area contributed by atoms with Crippen molar-refractivity contribution >= 4 is 70.0 Å². The number of non-ortho nitro benzene ring substituents is 1. The number of thioether (sulfide) groups is 1. The van der Waals surface area contributed by atoms with E-state index in [1.165, 1.54) is 24.3 Å². The summed E-state index contributed by atoms with van der Waals surface area (Å²) in [4.78, 5) is 32.3. The number of methoxy groups -OCH3 is 4. The van der Waals surface area contributed by atoms with E-state index in [4.69, 9.17) is 61.8 Å². The number of nitro benzene ring substituents is 1. The fourth-order valence-corrected chi connectivity index (χ4v) is 12.4. The highest BCUT2D eigenvalue weighted by molar-refractivity contribution is 8.13. The van der Waals surface area contributed by atoms with E-state index in [1.54, 1.807) is 73.7 Å². The Labute approximate surface area is 431 Å². The fourth-order valence-electron chi connectivity index (χ4n) is 5.93. The van der Waals surface area contributed by atoms with Crippen molar-refractivity contribution in [1.29, 1.82) is 0 Å². The largest absolute Gasteiger partial charge is 0.500 e. The molecule has 398 valence electrons. The van der Waals surface area contributed by atoms with Crippen LogP contribution in [0.2, 0.25) is 12.1 Å². The van der Waals surface area contributed by atoms with E-state index in [0.717, 1.165) is 47.5 Å². The molecule has 3 aromatic rings. The Morgan fingerprint density at radius 2 is 1.06 bits per heavy atom. The van der Waals surface area contributed by atoms with Gasteiger partial charge in [-0.1, -0.05) is 0 Å². The molecule has 3 rings (SSSR count). The van der Waals surface area contributed by atoms with Crippen molar-refractivity contribution < 1.29 is 74.6 Å². The molecule has 0 aliphatic heterocycles. The number of carbonyl (C=O) groups excluding carboxylic acids is 2. The topological polar surface area (TPSA) is 208 Å². The third-order valence-corrected chi connectivity index (χ3v) is 16.7. The second-order valence-electron chi connectivity index (χ2n) is 15.2. The molecule has 0 radical (unpaired) electrons. The van der Waals surface area contributed by atoms with Crippen LogP contribution in [0, 0.1) is 10.1 Å². The molecule has 0 aliphatic rings. The lowest BCUT2D eigenvalue weighted by Gasteiger charge is -2.28. The van der Waals surface area contributed by atoms with E-state index in [0.29, 0.717) is 67.8 Å². The van der Waals surface area contributed by atoms with Crippen LogP contribution in [0.4, 0.5) is 15.3 Å². The van der Waals surface area contributed by atoms with Crippen LogP contribution in [0.1, 0.15) is 86.3 Å². The number of thiol groups is 1. The van der Waals surface area contributed by atoms with E-state index >= 15 is 0 Å². The highest BCUT2D eigenvalue weighted by Gasteiger charge is 2.40. The zero-order valence-electron chi connectivity index (χ0n) is 43.2. The fraction of sp³-hybridized carbons (Fsp3) is 0.574. The zero-order valence-corrected chi connectivity index (χ0v) is 47.7. The van der Waals surface area contributed by atoms with Gasteiger partial charge in [0.2, 0.25) is 0 Å². The van der Waals surface area contributed by atoms with Gasteiger partial charge in [0.15, 0.2) is 0 Å². The first-order chi connectivity index (χ1) is 33.1. The van der Waals surface area contributed by atoms with Crippen LogP contribution in [0.5, 0.6) is 28.7 Å². The van der Waals surface area contributed by atoms with Gasteiger partial charge in [0, 0.05) is 99.4 Å². The van der Waals surface area contributed by atoms with Gasteiger partial charge in [0.1, 0.15) is 34.3 Å². The average Bonchev–Trinajstić information content (AvgIpc) is 3.32. The molecular formula is C47H76ClNO17S2Si2. The number of hydrogen-bond donors (Lipinski definition) is 2. The molecule has 1 N–H and O–H groups in total. The molecule has 70 heavy (non-hydrogen) atoms. The van der Waals surface area contributed by atoms with Gasteiger partial charge in [-0.2, -0.15) is 12.6 Å². The van der Waals surface area contributed by atoms with Crippen LogP contribution in [0.25, 0.3) is 0 Å². The van der Waals surface area contributed by atoms with Gasteiger partial charge < -0.3 is 60.1 Å². The number of rotatable bonds is 27. The number of ether oxygens (including phenoxy) is 6. The minimum Gasteiger partial charge on any atom is -0.497 e. The molecule has 0 heterocycles. The zero-order chi connectivity index (χ0) is 53.4. The Bertz CT molecular complexity index is 1880. The summed E-state index contributed by atoms with van der Waals surface area (Å²) in [5, 5.41) is 19.7. The van der Waals surface area contributed by atoms with Gasteiger partial charge in [-0.25, -0.2) is 9.59 Å². The number of aliphatic hydroxyl groups is 1. The lowest BCUT2D eigenvalue weighted by Crippen LogP contribution is -2.46. The first-order valence-electron chi connectivity index (χ1n) is 22.6. The summed E-state index contributed by atoms with van der Waals surface area (Å²) in [5.41, 5.74) is -1.20. The van der Waals surface area contributed by atoms with Gasteiger partial charge in [0.25, 0.3) is 5.69 Å². The Kier molecular flexibility index (Phi) is 33.6. The molecule has 3 aromatic carbocycles. The number of hydrogen-bond acceptors (Lipinski definition) is 19. The maximum Gasteiger partial charge on any atom is 0.500 e. The van der Waals surface area contributed by atoms with Crippen LogP contribution < -0.4 is 23.7 Å². The molecule has 0 saturated heterocycles. The highest BCUT2D eigenvalue weighted by atomic mass is 35.5. The summed E-state index contributed by atoms with van der Waals surface area (Å²) >= 11 is 10.2. The summed E-state index contributed by atoms with van der Waals surface area (Å²) in [5.74, 6) is 4.26. The predicted octanol–water partition coefficient (Wildman–Crippen LogP) is 11.5. The highest BCUT2D eigenvalue weighted by Crippen LogP contribution is 2.34. The standard InChI is InChI=1S/C21H36O7SSi.C11H16O3.C8H20O3SSi.C7H4ClNO4/c1-8-25-30(26-9-2,27-10-3)13-11-12-29-20(22)28-21(4,5)17-14-18(23-6)16-19(15-17)24-7;1-11(2,12)8-5-9(13-3)7-10(6-8)14-4;1-4-10-13(9-3,11-5-2)8-6-7-12;8-7(10)13-6-3-1-5(2-4-6)9(11)12/h14-16H,8-13H2,1-7H3;5-7,12H,1-4H3;12H,4-8H2,1-3H3;1-4H. The first-order valence-corrected chi connectivity index (χ1v) is 28.4. The number of benzene rings is 3. The van der Waals surface area contributed by atoms with Crippen LogP contribution in [-0.4, -0.2) is 118 Å². The summed E-state index contributed by atoms with van der Waals surface area (Å²) < 4.78 is 65.1. The molecule has 0 aromatic heterocycles. The number of nitro groups is 1. The molecule has 0 spiro atoms. The van der Waals surface area contributed by atoms with Gasteiger partial charge in [-0.05, 0) is 135 Å². The third kappa shape index (κ3) is 26.2. The van der Waals surface area contributed by atoms with E-state index in [1.807, 2.05) is 60.6 Å². The molecule has 0 saturated carbocycles. The van der Waals surface area contributed by atoms with E-state index in [9.17, 15) is 24.8 Å². The monoisotopic (exact) mass is 1080 g/mol. The number of nitrogens with zero attached hydrogens (tertiary/aromatic N) is 1. The van der Waals surface area contributed by atoms with Crippen molar-refractivity contribution in [2.24, 2.45) is 0 Å². The maximum atomic E-state index is 12.4. The Morgan fingerprint density at radius 1 is 0.657 bits per heavy atom. The minimum absolute atomic E-state index is 0.0747. The predicted molar refractivity (Wildman–Crippen MR) is 281 cm³/mol. The molecule has 0 atom stereocenters. The minimum atomic E-state index is -2.68. The number of carbonyl (C=O) groups is 2. The summed E-state index contributed by atoms with van der Waals surface area (Å²) in [6.07, 6.45) is 1.71. The molecule has 23 heteroatoms. The smallest absolute Gasteiger partial charge is 0.497 e. The maximum absolute atomic E-state index is 12.4. The Morgan fingerprint density at radius 3 is 1.40 bits per heavy atom. The van der Waals surface area contributed by atoms with Gasteiger partial charge >= 0.3 is 28.3 Å². The first kappa shape index (κ1) is 66.3. The SMILES string of the molecule is CCO[Si](CCCS)(OC)OCC.CCO[Si](CCCSC(=O)OC(C)(C)c1cc(OC)cc(OC)c1)(OCC)OCC.COc1cc(OC)cc(C(C)(C)O)c1.O=C(Cl)Oc1ccc([N+](=O)[O-])cc1. The van der Waals surface area contributed by atoms with Crippen LogP contribution in [0.3, 0.4) is 0 Å². The summed E-state index contributed by atoms with van der Waals surface area (Å²) in [7, 11) is 2.99. The van der Waals surface area contributed by atoms with Crippen molar-refractivity contribution in [2.75, 3.05) is 80.1 Å². The van der Waals surface area contributed by atoms with Gasteiger partial charge in [-0.3, -0.25) is 10.1 Å². The number of halogens is 1. The van der Waals surface area contributed by atoms with Crippen molar-refractivity contribution in [1.82, 2.24) is 0 Å². The van der Waals surface area contributed by atoms with E-state index in [-0.39, 0.29) is 16.7 Å². The summed E-state index contributed by atoms with van der Waals surface area (Å²) in [6.45, 7) is 19.8. The van der Waals surface area contributed by atoms with Crippen molar-refractivity contribution in [3.8, 4) is 28.7 Å². The lowest BCUT2D eigenvalue weighted by molar-refractivity contribution is -0.384. The Hall–Kier alpha value is -3.66. The average molecular weight is 1080 g/mol. The normalized spacial score (nSPS) is 11.3. The molecule has 18 nitrogen and oxygen atoms in total. The quantitative estimate of drug-likeness (QED) is 0.0138. The lowest BCUT2D eigenvalue weighted by atomic mass is 9.97. The van der Waals surface area contributed by atoms with Crippen molar-refractivity contribution in [3.05, 3.63) is 81.9 Å². The Balaban J connectivity index is 0.000000993. The summed E-state index contributed by atoms with van der Waals surface area (Å²) in [6, 6.07) is 17.4. The molecule has 0 bridgehead atoms. The van der Waals surface area contributed by atoms with Crippen molar-refractivity contribution in [2.45, 2.75) is 98.4 Å². The van der Waals surface area contributed by atoms with E-state index in [2.05, 4.69) is 17.4 Å². The molecule has 0 amide bonds. The van der Waals surface area contributed by atoms with E-state index < -0.39 is 39.2 Å². The molecule has 0 fully saturated rings. The third-order valence-electron chi connectivity index (χ3n) is 9.31. The van der Waals surface area contributed by atoms with Crippen LogP contribution in [-0.2, 0) is 42.5 Å². The van der Waals surface area contributed by atoms with Crippen LogP contribution in [0.15, 0.2) is 60.7 Å². The second kappa shape index (κ2) is 35.5. The molecular weight excluding hydrogens is 1010 g/mol. The molecule has 0 aliphatic carbocycles. The second-order valence-corrected chi connectivity index (χ2v) is 22.6. The van der Waals surface area contributed by atoms with Crippen LogP contribution >= 0.6 is 36.0 Å². The van der Waals surface area contributed by atoms with Crippen molar-refractivity contribution in [3.63, 3.8) is 0 Å². The van der Waals surface area contributed by atoms with Gasteiger partial charge in [-0.15, -0.1) is 0 Å².